The number of nitrogens with zero attached hydrogens (tertiary/aromatic N) is 4. The van der Waals surface area contributed by atoms with Gasteiger partial charge in [-0.1, -0.05) is 10.4 Å². The summed E-state index contributed by atoms with van der Waals surface area (Å²) >= 11 is 0. The maximum absolute atomic E-state index is 10.7. The predicted molar refractivity (Wildman–Crippen MR) is 56.4 cm³/mol. The van der Waals surface area contributed by atoms with Crippen LogP contribution in [0.25, 0.3) is 0 Å². The molecule has 1 N–H and O–H groups in total. The van der Waals surface area contributed by atoms with Crippen LogP contribution in [0, 0.1) is 13.8 Å². The molecule has 2 heterocycles. The first-order chi connectivity index (χ1) is 8.08. The van der Waals surface area contributed by atoms with Crippen molar-refractivity contribution in [2.24, 2.45) is 0 Å². The molecule has 7 nitrogen and oxygen atoms in total. The largest absolute Gasteiger partial charge is 0.481 e. The first-order valence-corrected chi connectivity index (χ1v) is 5.09. The summed E-state index contributed by atoms with van der Waals surface area (Å²) in [6.45, 7) is 4.06. The lowest BCUT2D eigenvalue weighted by Gasteiger charge is -2.03. The number of rotatable bonds is 4. The van der Waals surface area contributed by atoms with Crippen LogP contribution >= 0.6 is 0 Å². The van der Waals surface area contributed by atoms with Crippen LogP contribution < -0.4 is 0 Å². The Hall–Kier alpha value is -2.18. The van der Waals surface area contributed by atoms with Gasteiger partial charge in [-0.15, -0.1) is 5.10 Å². The van der Waals surface area contributed by atoms with Gasteiger partial charge in [0.05, 0.1) is 30.6 Å². The van der Waals surface area contributed by atoms with Gasteiger partial charge in [-0.2, -0.15) is 0 Å². The Morgan fingerprint density at radius 3 is 2.88 bits per heavy atom. The van der Waals surface area contributed by atoms with Gasteiger partial charge in [0.25, 0.3) is 0 Å². The molecule has 2 rings (SSSR count). The SMILES string of the molecule is Cc1noc(C)c1Cn1nncc1CC(=O)O. The number of aromatic nitrogens is 4. The highest BCUT2D eigenvalue weighted by Crippen LogP contribution is 2.14. The molecule has 0 unspecified atom stereocenters. The summed E-state index contributed by atoms with van der Waals surface area (Å²) in [5.74, 6) is -0.202. The molecule has 7 heteroatoms. The van der Waals surface area contributed by atoms with Gasteiger partial charge in [-0.25, -0.2) is 4.68 Å². The highest BCUT2D eigenvalue weighted by atomic mass is 16.5. The molecule has 0 atom stereocenters. The molecule has 0 amide bonds. The summed E-state index contributed by atoms with van der Waals surface area (Å²) < 4.78 is 6.58. The number of carbonyl (C=O) groups is 1. The average Bonchev–Trinajstić information content (AvgIpc) is 2.80. The van der Waals surface area contributed by atoms with Crippen LogP contribution in [0.5, 0.6) is 0 Å². The van der Waals surface area contributed by atoms with E-state index in [1.54, 1.807) is 4.68 Å². The fourth-order valence-corrected chi connectivity index (χ4v) is 1.58. The predicted octanol–water partition coefficient (Wildman–Crippen LogP) is 0.558. The van der Waals surface area contributed by atoms with E-state index in [4.69, 9.17) is 9.63 Å². The van der Waals surface area contributed by atoms with Crippen molar-refractivity contribution in [3.63, 3.8) is 0 Å². The van der Waals surface area contributed by atoms with Gasteiger partial charge < -0.3 is 9.63 Å². The van der Waals surface area contributed by atoms with E-state index in [0.717, 1.165) is 11.3 Å². The first-order valence-electron chi connectivity index (χ1n) is 5.09. The third-order valence-electron chi connectivity index (χ3n) is 2.52. The average molecular weight is 236 g/mol. The summed E-state index contributed by atoms with van der Waals surface area (Å²) in [6.07, 6.45) is 1.35. The zero-order valence-corrected chi connectivity index (χ0v) is 9.54. The number of aryl methyl sites for hydroxylation is 2. The highest BCUT2D eigenvalue weighted by Gasteiger charge is 2.14. The van der Waals surface area contributed by atoms with E-state index in [1.165, 1.54) is 6.20 Å². The van der Waals surface area contributed by atoms with Gasteiger partial charge in [-0.3, -0.25) is 4.79 Å². The Morgan fingerprint density at radius 1 is 1.53 bits per heavy atom. The van der Waals surface area contributed by atoms with Crippen LogP contribution in [0.2, 0.25) is 0 Å². The quantitative estimate of drug-likeness (QED) is 0.833. The summed E-state index contributed by atoms with van der Waals surface area (Å²) in [5.41, 5.74) is 2.24. The van der Waals surface area contributed by atoms with E-state index >= 15 is 0 Å². The molecule has 0 fully saturated rings. The standard InChI is InChI=1S/C10H12N4O3/c1-6-9(7(2)17-12-6)5-14-8(3-10(15)16)4-11-13-14/h4H,3,5H2,1-2H3,(H,15,16). The molecule has 90 valence electrons. The third kappa shape index (κ3) is 2.32. The third-order valence-corrected chi connectivity index (χ3v) is 2.52. The molecule has 0 aliphatic carbocycles. The Bertz CT molecular complexity index is 524. The molecule has 0 saturated carbocycles. The fraction of sp³-hybridized carbons (Fsp3) is 0.400. The molecule has 0 aliphatic rings. The number of carboxylic acid groups (broad SMARTS) is 1. The van der Waals surface area contributed by atoms with Crippen molar-refractivity contribution in [3.8, 4) is 0 Å². The second-order valence-corrected chi connectivity index (χ2v) is 3.76. The smallest absolute Gasteiger partial charge is 0.309 e. The van der Waals surface area contributed by atoms with Gasteiger partial charge >= 0.3 is 5.97 Å². The lowest BCUT2D eigenvalue weighted by Crippen LogP contribution is -2.11. The van der Waals surface area contributed by atoms with Crippen LogP contribution in [0.1, 0.15) is 22.7 Å². The van der Waals surface area contributed by atoms with E-state index < -0.39 is 5.97 Å². The van der Waals surface area contributed by atoms with Gasteiger partial charge in [0, 0.05) is 5.56 Å². The zero-order chi connectivity index (χ0) is 12.4. The second-order valence-electron chi connectivity index (χ2n) is 3.76. The maximum atomic E-state index is 10.7. The van der Waals surface area contributed by atoms with Crippen LogP contribution in [0.15, 0.2) is 10.7 Å². The Labute approximate surface area is 97.0 Å². The Kier molecular flexibility index (Phi) is 2.90. The molecule has 2 aromatic rings. The lowest BCUT2D eigenvalue weighted by molar-refractivity contribution is -0.136. The normalized spacial score (nSPS) is 10.7. The molecule has 0 bridgehead atoms. The number of hydrogen-bond donors (Lipinski definition) is 1. The minimum Gasteiger partial charge on any atom is -0.481 e. The highest BCUT2D eigenvalue weighted by molar-refractivity contribution is 5.69. The minimum atomic E-state index is -0.910. The summed E-state index contributed by atoms with van der Waals surface area (Å²) in [6, 6.07) is 0. The van der Waals surface area contributed by atoms with Crippen molar-refractivity contribution in [3.05, 3.63) is 28.9 Å². The summed E-state index contributed by atoms with van der Waals surface area (Å²) in [7, 11) is 0. The molecular formula is C10H12N4O3. The van der Waals surface area contributed by atoms with Crippen LogP contribution in [-0.4, -0.2) is 31.2 Å². The molecule has 0 spiro atoms. The minimum absolute atomic E-state index is 0.101. The van der Waals surface area contributed by atoms with E-state index in [9.17, 15) is 4.79 Å². The summed E-state index contributed by atoms with van der Waals surface area (Å²) in [5, 5.41) is 20.2. The van der Waals surface area contributed by atoms with Crippen molar-refractivity contribution >= 4 is 5.97 Å². The van der Waals surface area contributed by atoms with Gasteiger partial charge in [0.2, 0.25) is 0 Å². The lowest BCUT2D eigenvalue weighted by atomic mass is 10.2. The number of hydrogen-bond acceptors (Lipinski definition) is 5. The van der Waals surface area contributed by atoms with Crippen molar-refractivity contribution in [2.45, 2.75) is 26.8 Å². The fourth-order valence-electron chi connectivity index (χ4n) is 1.58. The molecular weight excluding hydrogens is 224 g/mol. The summed E-state index contributed by atoms with van der Waals surface area (Å²) in [4.78, 5) is 10.7. The first kappa shape index (κ1) is 11.3. The Morgan fingerprint density at radius 2 is 2.29 bits per heavy atom. The molecule has 17 heavy (non-hydrogen) atoms. The van der Waals surface area contributed by atoms with Gasteiger partial charge in [0.1, 0.15) is 5.76 Å². The van der Waals surface area contributed by atoms with Crippen molar-refractivity contribution in [1.29, 1.82) is 0 Å². The zero-order valence-electron chi connectivity index (χ0n) is 9.54. The molecule has 2 aromatic heterocycles. The van der Waals surface area contributed by atoms with E-state index in [0.29, 0.717) is 18.0 Å². The van der Waals surface area contributed by atoms with Crippen LogP contribution in [-0.2, 0) is 17.8 Å². The molecule has 0 aliphatic heterocycles. The monoisotopic (exact) mass is 236 g/mol. The van der Waals surface area contributed by atoms with Gasteiger partial charge in [-0.05, 0) is 13.8 Å². The van der Waals surface area contributed by atoms with Gasteiger partial charge in [0.15, 0.2) is 0 Å². The van der Waals surface area contributed by atoms with E-state index in [2.05, 4.69) is 15.5 Å². The van der Waals surface area contributed by atoms with Crippen LogP contribution in [0.3, 0.4) is 0 Å². The number of aliphatic carboxylic acids is 1. The molecule has 0 saturated heterocycles. The van der Waals surface area contributed by atoms with E-state index in [-0.39, 0.29) is 6.42 Å². The second kappa shape index (κ2) is 4.36. The van der Waals surface area contributed by atoms with Crippen molar-refractivity contribution < 1.29 is 14.4 Å². The van der Waals surface area contributed by atoms with Crippen LogP contribution in [0.4, 0.5) is 0 Å². The van der Waals surface area contributed by atoms with Crippen molar-refractivity contribution in [1.82, 2.24) is 20.2 Å². The Balaban J connectivity index is 2.25. The maximum Gasteiger partial charge on any atom is 0.309 e. The topological polar surface area (TPSA) is 94.0 Å². The number of carboxylic acids is 1. The molecule has 0 aromatic carbocycles. The van der Waals surface area contributed by atoms with E-state index in [1.807, 2.05) is 13.8 Å². The van der Waals surface area contributed by atoms with Crippen molar-refractivity contribution in [2.75, 3.05) is 0 Å². The molecule has 0 radical (unpaired) electrons.